The Bertz CT molecular complexity index is 490. The number of ether oxygens (including phenoxy) is 2. The summed E-state index contributed by atoms with van der Waals surface area (Å²) in [6, 6.07) is 11.7. The van der Waals surface area contributed by atoms with Gasteiger partial charge in [0.15, 0.2) is 0 Å². The largest absolute Gasteiger partial charge is 0.494 e. The number of rotatable bonds is 6. The fraction of sp³-hybridized carbons (Fsp3) is 0.500. The minimum Gasteiger partial charge on any atom is -0.494 e. The Labute approximate surface area is 124 Å². The number of hydrogen-bond acceptors (Lipinski definition) is 4. The van der Waals surface area contributed by atoms with Crippen LogP contribution in [0.25, 0.3) is 0 Å². The van der Waals surface area contributed by atoms with E-state index in [1.165, 1.54) is 0 Å². The fourth-order valence-electron chi connectivity index (χ4n) is 2.26. The Kier molecular flexibility index (Phi) is 5.59. The zero-order chi connectivity index (χ0) is 15.0. The van der Waals surface area contributed by atoms with Crippen molar-refractivity contribution in [3.05, 3.63) is 30.3 Å². The van der Waals surface area contributed by atoms with Crippen LogP contribution in [0.15, 0.2) is 30.3 Å². The summed E-state index contributed by atoms with van der Waals surface area (Å²) in [5.74, 6) is 0.634. The van der Waals surface area contributed by atoms with Gasteiger partial charge in [-0.2, -0.15) is 5.26 Å². The van der Waals surface area contributed by atoms with Crippen molar-refractivity contribution in [1.29, 1.82) is 5.26 Å². The van der Waals surface area contributed by atoms with Gasteiger partial charge in [-0.15, -0.1) is 0 Å². The molecule has 0 aromatic heterocycles. The van der Waals surface area contributed by atoms with E-state index in [4.69, 9.17) is 9.47 Å². The number of nitrogens with zero attached hydrogens (tertiary/aromatic N) is 1. The molecule has 1 heterocycles. The minimum atomic E-state index is -0.918. The average molecular weight is 288 g/mol. The molecule has 112 valence electrons. The highest BCUT2D eigenvalue weighted by atomic mass is 16.5. The first-order chi connectivity index (χ1) is 10.3. The van der Waals surface area contributed by atoms with Crippen molar-refractivity contribution in [1.82, 2.24) is 5.32 Å². The molecule has 0 bridgehead atoms. The third-order valence-electron chi connectivity index (χ3n) is 3.61. The van der Waals surface area contributed by atoms with E-state index < -0.39 is 5.41 Å². The first kappa shape index (κ1) is 15.3. The number of para-hydroxylation sites is 1. The number of nitrogens with one attached hydrogen (secondary N) is 1. The second-order valence-electron chi connectivity index (χ2n) is 5.08. The van der Waals surface area contributed by atoms with Crippen molar-refractivity contribution in [3.8, 4) is 11.8 Å². The normalized spacial score (nSPS) is 16.7. The van der Waals surface area contributed by atoms with Gasteiger partial charge in [-0.25, -0.2) is 0 Å². The second-order valence-corrected chi connectivity index (χ2v) is 5.08. The molecule has 1 aliphatic heterocycles. The van der Waals surface area contributed by atoms with Gasteiger partial charge >= 0.3 is 0 Å². The van der Waals surface area contributed by atoms with Crippen molar-refractivity contribution in [3.63, 3.8) is 0 Å². The molecule has 1 aromatic carbocycles. The fourth-order valence-corrected chi connectivity index (χ4v) is 2.26. The predicted octanol–water partition coefficient (Wildman–Crippen LogP) is 1.89. The Balaban J connectivity index is 1.68. The highest BCUT2D eigenvalue weighted by Crippen LogP contribution is 2.29. The van der Waals surface area contributed by atoms with Crippen molar-refractivity contribution in [2.75, 3.05) is 26.4 Å². The van der Waals surface area contributed by atoms with E-state index in [-0.39, 0.29) is 5.91 Å². The smallest absolute Gasteiger partial charge is 0.240 e. The van der Waals surface area contributed by atoms with Gasteiger partial charge in [0.05, 0.1) is 12.7 Å². The molecular formula is C16H20N2O3. The van der Waals surface area contributed by atoms with Crippen molar-refractivity contribution in [2.45, 2.75) is 19.3 Å². The molecule has 1 aromatic rings. The van der Waals surface area contributed by atoms with Gasteiger partial charge in [0.25, 0.3) is 0 Å². The van der Waals surface area contributed by atoms with E-state index in [1.54, 1.807) is 0 Å². The van der Waals surface area contributed by atoms with Gasteiger partial charge in [-0.3, -0.25) is 4.79 Å². The zero-order valence-electron chi connectivity index (χ0n) is 12.0. The van der Waals surface area contributed by atoms with Crippen LogP contribution < -0.4 is 10.1 Å². The summed E-state index contributed by atoms with van der Waals surface area (Å²) < 4.78 is 10.8. The maximum absolute atomic E-state index is 12.2. The molecule has 1 aliphatic rings. The van der Waals surface area contributed by atoms with Crippen LogP contribution in [0.2, 0.25) is 0 Å². The molecule has 5 heteroatoms. The summed E-state index contributed by atoms with van der Waals surface area (Å²) in [4.78, 5) is 12.2. The van der Waals surface area contributed by atoms with Crippen LogP contribution in [-0.2, 0) is 9.53 Å². The van der Waals surface area contributed by atoms with Gasteiger partial charge in [-0.05, 0) is 31.4 Å². The van der Waals surface area contributed by atoms with Gasteiger partial charge in [-0.1, -0.05) is 18.2 Å². The molecule has 1 saturated heterocycles. The van der Waals surface area contributed by atoms with Gasteiger partial charge in [0.1, 0.15) is 11.2 Å². The van der Waals surface area contributed by atoms with E-state index in [2.05, 4.69) is 11.4 Å². The lowest BCUT2D eigenvalue weighted by atomic mass is 9.81. The summed E-state index contributed by atoms with van der Waals surface area (Å²) in [5, 5.41) is 12.1. The first-order valence-corrected chi connectivity index (χ1v) is 7.22. The lowest BCUT2D eigenvalue weighted by Crippen LogP contribution is -2.44. The molecule has 1 fully saturated rings. The summed E-state index contributed by atoms with van der Waals surface area (Å²) in [5.41, 5.74) is -0.918. The van der Waals surface area contributed by atoms with Gasteiger partial charge in [0.2, 0.25) is 5.91 Å². The molecule has 0 aliphatic carbocycles. The Morgan fingerprint density at radius 2 is 2.05 bits per heavy atom. The van der Waals surface area contributed by atoms with Crippen LogP contribution >= 0.6 is 0 Å². The van der Waals surface area contributed by atoms with Crippen LogP contribution in [0.1, 0.15) is 19.3 Å². The minimum absolute atomic E-state index is 0.187. The van der Waals surface area contributed by atoms with Crippen LogP contribution in [0.5, 0.6) is 5.75 Å². The van der Waals surface area contributed by atoms with Crippen LogP contribution in [-0.4, -0.2) is 32.3 Å². The predicted molar refractivity (Wildman–Crippen MR) is 77.7 cm³/mol. The number of hydrogen-bond donors (Lipinski definition) is 1. The molecule has 0 atom stereocenters. The average Bonchev–Trinajstić information content (AvgIpc) is 2.56. The van der Waals surface area contributed by atoms with Crippen LogP contribution in [0.4, 0.5) is 0 Å². The maximum Gasteiger partial charge on any atom is 0.240 e. The van der Waals surface area contributed by atoms with Crippen LogP contribution in [0.3, 0.4) is 0 Å². The number of carbonyl (C=O) groups is 1. The van der Waals surface area contributed by atoms with Crippen LogP contribution in [0, 0.1) is 16.7 Å². The SMILES string of the molecule is N#CC1(C(=O)NCCCOc2ccccc2)CCOCC1. The third-order valence-corrected chi connectivity index (χ3v) is 3.61. The van der Waals surface area contributed by atoms with Crippen molar-refractivity contribution < 1.29 is 14.3 Å². The summed E-state index contributed by atoms with van der Waals surface area (Å²) in [6.07, 6.45) is 1.64. The van der Waals surface area contributed by atoms with E-state index in [0.717, 1.165) is 5.75 Å². The molecule has 21 heavy (non-hydrogen) atoms. The molecule has 0 saturated carbocycles. The number of benzene rings is 1. The quantitative estimate of drug-likeness (QED) is 0.811. The summed E-state index contributed by atoms with van der Waals surface area (Å²) in [6.45, 7) is 1.99. The van der Waals surface area contributed by atoms with E-state index in [1.807, 2.05) is 30.3 Å². The first-order valence-electron chi connectivity index (χ1n) is 7.22. The van der Waals surface area contributed by atoms with E-state index >= 15 is 0 Å². The molecule has 5 nitrogen and oxygen atoms in total. The molecule has 2 rings (SSSR count). The lowest BCUT2D eigenvalue weighted by Gasteiger charge is -2.29. The standard InChI is InChI=1S/C16H20N2O3/c17-13-16(7-11-20-12-8-16)15(19)18-9-4-10-21-14-5-2-1-3-6-14/h1-3,5-6H,4,7-12H2,(H,18,19). The van der Waals surface area contributed by atoms with Gasteiger partial charge in [0, 0.05) is 19.8 Å². The maximum atomic E-state index is 12.2. The molecule has 0 unspecified atom stereocenters. The third kappa shape index (κ3) is 4.20. The molecule has 0 radical (unpaired) electrons. The van der Waals surface area contributed by atoms with Crippen molar-refractivity contribution in [2.24, 2.45) is 5.41 Å². The molecule has 1 N–H and O–H groups in total. The number of carbonyl (C=O) groups excluding carboxylic acids is 1. The topological polar surface area (TPSA) is 71.4 Å². The zero-order valence-corrected chi connectivity index (χ0v) is 12.0. The van der Waals surface area contributed by atoms with E-state index in [9.17, 15) is 10.1 Å². The Morgan fingerprint density at radius 3 is 2.71 bits per heavy atom. The Morgan fingerprint density at radius 1 is 1.33 bits per heavy atom. The number of amides is 1. The molecular weight excluding hydrogens is 268 g/mol. The summed E-state index contributed by atoms with van der Waals surface area (Å²) in [7, 11) is 0. The highest BCUT2D eigenvalue weighted by molar-refractivity contribution is 5.85. The van der Waals surface area contributed by atoms with Crippen molar-refractivity contribution >= 4 is 5.91 Å². The monoisotopic (exact) mass is 288 g/mol. The number of nitriles is 1. The highest BCUT2D eigenvalue weighted by Gasteiger charge is 2.40. The Hall–Kier alpha value is -2.06. The molecule has 1 amide bonds. The van der Waals surface area contributed by atoms with Gasteiger partial charge < -0.3 is 14.8 Å². The van der Waals surface area contributed by atoms with E-state index in [0.29, 0.717) is 45.6 Å². The lowest BCUT2D eigenvalue weighted by molar-refractivity contribution is -0.132. The summed E-state index contributed by atoms with van der Waals surface area (Å²) >= 11 is 0. The second kappa shape index (κ2) is 7.65. The molecule has 0 spiro atoms.